The van der Waals surface area contributed by atoms with Crippen LogP contribution in [-0.4, -0.2) is 15.0 Å². The van der Waals surface area contributed by atoms with Crippen LogP contribution in [-0.2, 0) is 0 Å². The summed E-state index contributed by atoms with van der Waals surface area (Å²) in [7, 11) is 0. The van der Waals surface area contributed by atoms with Crippen molar-refractivity contribution in [1.29, 1.82) is 0 Å². The first kappa shape index (κ1) is 11.0. The zero-order valence-electron chi connectivity index (χ0n) is 9.03. The lowest BCUT2D eigenvalue weighted by Gasteiger charge is -2.05. The van der Waals surface area contributed by atoms with E-state index >= 15 is 0 Å². The van der Waals surface area contributed by atoms with E-state index in [0.717, 1.165) is 21.4 Å². The van der Waals surface area contributed by atoms with Crippen LogP contribution in [0.25, 0.3) is 11.5 Å². The molecule has 82 valence electrons. The van der Waals surface area contributed by atoms with Crippen molar-refractivity contribution in [3.05, 3.63) is 34.1 Å². The van der Waals surface area contributed by atoms with Gasteiger partial charge in [-0.15, -0.1) is 0 Å². The maximum atomic E-state index is 5.77. The Kier molecular flexibility index (Phi) is 2.87. The molecule has 0 saturated heterocycles. The molecule has 4 nitrogen and oxygen atoms in total. The van der Waals surface area contributed by atoms with E-state index in [1.54, 1.807) is 6.20 Å². The minimum Gasteiger partial charge on any atom is -0.383 e. The summed E-state index contributed by atoms with van der Waals surface area (Å²) < 4.78 is 0.740. The summed E-state index contributed by atoms with van der Waals surface area (Å²) in [6.45, 7) is 3.88. The largest absolute Gasteiger partial charge is 0.383 e. The molecule has 0 spiro atoms. The SMILES string of the molecule is Cc1ccnc(-c2nc(C)c(Br)c(N)n2)c1. The number of pyridine rings is 1. The molecule has 0 unspecified atom stereocenters. The number of nitrogen functional groups attached to an aromatic ring is 1. The maximum Gasteiger partial charge on any atom is 0.180 e. The molecule has 2 heterocycles. The number of nitrogens with two attached hydrogens (primary N) is 1. The fraction of sp³-hybridized carbons (Fsp3) is 0.182. The average molecular weight is 279 g/mol. The minimum atomic E-state index is 0.436. The number of anilines is 1. The second-order valence-electron chi connectivity index (χ2n) is 3.55. The van der Waals surface area contributed by atoms with Crippen molar-refractivity contribution >= 4 is 21.7 Å². The molecule has 0 bridgehead atoms. The Morgan fingerprint density at radius 2 is 2.00 bits per heavy atom. The molecular weight excluding hydrogens is 268 g/mol. The molecule has 0 aromatic carbocycles. The summed E-state index contributed by atoms with van der Waals surface area (Å²) in [6, 6.07) is 3.86. The van der Waals surface area contributed by atoms with Crippen LogP contribution < -0.4 is 5.73 Å². The average Bonchev–Trinajstić information content (AvgIpc) is 2.25. The lowest BCUT2D eigenvalue weighted by molar-refractivity contribution is 1.08. The van der Waals surface area contributed by atoms with Crippen molar-refractivity contribution in [3.8, 4) is 11.5 Å². The van der Waals surface area contributed by atoms with Crippen molar-refractivity contribution in [3.63, 3.8) is 0 Å². The molecular formula is C11H11BrN4. The third-order valence-corrected chi connectivity index (χ3v) is 3.17. The molecule has 0 saturated carbocycles. The monoisotopic (exact) mass is 278 g/mol. The van der Waals surface area contributed by atoms with Crippen LogP contribution in [0, 0.1) is 13.8 Å². The van der Waals surface area contributed by atoms with Gasteiger partial charge in [0.15, 0.2) is 5.82 Å². The van der Waals surface area contributed by atoms with Crippen LogP contribution >= 0.6 is 15.9 Å². The topological polar surface area (TPSA) is 64.7 Å². The first-order valence-electron chi connectivity index (χ1n) is 4.80. The molecule has 0 aliphatic rings. The first-order valence-corrected chi connectivity index (χ1v) is 5.60. The number of hydrogen-bond donors (Lipinski definition) is 1. The normalized spacial score (nSPS) is 10.4. The molecule has 2 N–H and O–H groups in total. The molecule has 0 amide bonds. The highest BCUT2D eigenvalue weighted by Crippen LogP contribution is 2.23. The van der Waals surface area contributed by atoms with Gasteiger partial charge in [0, 0.05) is 6.20 Å². The Morgan fingerprint density at radius 3 is 2.62 bits per heavy atom. The molecule has 0 aliphatic heterocycles. The number of halogens is 1. The van der Waals surface area contributed by atoms with E-state index in [4.69, 9.17) is 5.73 Å². The summed E-state index contributed by atoms with van der Waals surface area (Å²) in [5.41, 5.74) is 8.44. The smallest absolute Gasteiger partial charge is 0.180 e. The highest BCUT2D eigenvalue weighted by Gasteiger charge is 2.09. The number of aryl methyl sites for hydroxylation is 2. The first-order chi connectivity index (χ1) is 7.58. The summed E-state index contributed by atoms with van der Waals surface area (Å²) >= 11 is 3.33. The predicted molar refractivity (Wildman–Crippen MR) is 66.8 cm³/mol. The molecule has 2 aromatic rings. The molecule has 2 rings (SSSR count). The maximum absolute atomic E-state index is 5.77. The van der Waals surface area contributed by atoms with Gasteiger partial charge in [-0.3, -0.25) is 4.98 Å². The highest BCUT2D eigenvalue weighted by atomic mass is 79.9. The lowest BCUT2D eigenvalue weighted by atomic mass is 10.2. The second kappa shape index (κ2) is 4.17. The van der Waals surface area contributed by atoms with Gasteiger partial charge in [-0.25, -0.2) is 9.97 Å². The van der Waals surface area contributed by atoms with Crippen LogP contribution in [0.3, 0.4) is 0 Å². The van der Waals surface area contributed by atoms with Gasteiger partial charge in [-0.05, 0) is 47.5 Å². The summed E-state index contributed by atoms with van der Waals surface area (Å²) in [5.74, 6) is 0.993. The number of nitrogens with zero attached hydrogens (tertiary/aromatic N) is 3. The van der Waals surface area contributed by atoms with Gasteiger partial charge >= 0.3 is 0 Å². The van der Waals surface area contributed by atoms with E-state index in [-0.39, 0.29) is 0 Å². The lowest BCUT2D eigenvalue weighted by Crippen LogP contribution is -2.01. The Morgan fingerprint density at radius 1 is 1.25 bits per heavy atom. The number of aromatic nitrogens is 3. The third kappa shape index (κ3) is 2.04. The van der Waals surface area contributed by atoms with Gasteiger partial charge in [0.2, 0.25) is 0 Å². The standard InChI is InChI=1S/C11H11BrN4/c1-6-3-4-14-8(5-6)11-15-7(2)9(12)10(13)16-11/h3-5H,1-2H3,(H2,13,15,16). The van der Waals surface area contributed by atoms with Crippen LogP contribution in [0.1, 0.15) is 11.3 Å². The van der Waals surface area contributed by atoms with E-state index < -0.39 is 0 Å². The molecule has 5 heteroatoms. The molecule has 0 radical (unpaired) electrons. The Hall–Kier alpha value is -1.49. The molecule has 0 fully saturated rings. The van der Waals surface area contributed by atoms with E-state index in [1.807, 2.05) is 26.0 Å². The van der Waals surface area contributed by atoms with Gasteiger partial charge < -0.3 is 5.73 Å². The molecule has 0 aliphatic carbocycles. The third-order valence-electron chi connectivity index (χ3n) is 2.19. The second-order valence-corrected chi connectivity index (χ2v) is 4.34. The highest BCUT2D eigenvalue weighted by molar-refractivity contribution is 9.10. The van der Waals surface area contributed by atoms with E-state index in [2.05, 4.69) is 30.9 Å². The summed E-state index contributed by atoms with van der Waals surface area (Å²) in [6.07, 6.45) is 1.74. The van der Waals surface area contributed by atoms with Crippen LogP contribution in [0.5, 0.6) is 0 Å². The van der Waals surface area contributed by atoms with Crippen molar-refractivity contribution in [2.45, 2.75) is 13.8 Å². The predicted octanol–water partition coefficient (Wildman–Crippen LogP) is 2.50. The Labute approximate surface area is 102 Å². The van der Waals surface area contributed by atoms with Gasteiger partial charge in [0.25, 0.3) is 0 Å². The fourth-order valence-electron chi connectivity index (χ4n) is 1.35. The fourth-order valence-corrected chi connectivity index (χ4v) is 1.53. The zero-order chi connectivity index (χ0) is 11.7. The van der Waals surface area contributed by atoms with Crippen molar-refractivity contribution < 1.29 is 0 Å². The van der Waals surface area contributed by atoms with Gasteiger partial charge in [-0.1, -0.05) is 0 Å². The minimum absolute atomic E-state index is 0.436. The van der Waals surface area contributed by atoms with Crippen LogP contribution in [0.2, 0.25) is 0 Å². The van der Waals surface area contributed by atoms with Crippen LogP contribution in [0.4, 0.5) is 5.82 Å². The van der Waals surface area contributed by atoms with Gasteiger partial charge in [0.05, 0.1) is 10.2 Å². The molecule has 2 aromatic heterocycles. The van der Waals surface area contributed by atoms with E-state index in [9.17, 15) is 0 Å². The molecule has 0 atom stereocenters. The zero-order valence-corrected chi connectivity index (χ0v) is 10.6. The summed E-state index contributed by atoms with van der Waals surface area (Å²) in [4.78, 5) is 12.8. The Bertz CT molecular complexity index is 516. The van der Waals surface area contributed by atoms with Crippen LogP contribution in [0.15, 0.2) is 22.8 Å². The van der Waals surface area contributed by atoms with Crippen molar-refractivity contribution in [2.24, 2.45) is 0 Å². The van der Waals surface area contributed by atoms with E-state index in [0.29, 0.717) is 11.6 Å². The summed E-state index contributed by atoms with van der Waals surface area (Å²) in [5, 5.41) is 0. The quantitative estimate of drug-likeness (QED) is 0.871. The van der Waals surface area contributed by atoms with Crippen molar-refractivity contribution in [1.82, 2.24) is 15.0 Å². The van der Waals surface area contributed by atoms with Gasteiger partial charge in [0.1, 0.15) is 11.5 Å². The number of rotatable bonds is 1. The van der Waals surface area contributed by atoms with Crippen molar-refractivity contribution in [2.75, 3.05) is 5.73 Å². The number of hydrogen-bond acceptors (Lipinski definition) is 4. The Balaban J connectivity index is 2.57. The van der Waals surface area contributed by atoms with Gasteiger partial charge in [-0.2, -0.15) is 0 Å². The molecule has 16 heavy (non-hydrogen) atoms. The van der Waals surface area contributed by atoms with E-state index in [1.165, 1.54) is 0 Å².